The van der Waals surface area contributed by atoms with Crippen LogP contribution in [0.1, 0.15) is 39.2 Å². The first-order valence-electron chi connectivity index (χ1n) is 10.5. The van der Waals surface area contributed by atoms with Gasteiger partial charge in [-0.15, -0.1) is 0 Å². The average molecular weight is 442 g/mol. The van der Waals surface area contributed by atoms with Crippen LogP contribution in [-0.2, 0) is 14.3 Å². The molecule has 0 saturated heterocycles. The van der Waals surface area contributed by atoms with Gasteiger partial charge in [0.05, 0.1) is 6.61 Å². The van der Waals surface area contributed by atoms with Crippen molar-refractivity contribution in [3.8, 4) is 5.75 Å². The molecule has 0 saturated carbocycles. The number of anilines is 2. The minimum Gasteiger partial charge on any atom is -0.493 e. The fourth-order valence-corrected chi connectivity index (χ4v) is 2.67. The maximum Gasteiger partial charge on any atom is 0.408 e. The second kappa shape index (κ2) is 11.7. The second-order valence-corrected chi connectivity index (χ2v) is 8.25. The molecule has 0 aliphatic rings. The van der Waals surface area contributed by atoms with E-state index in [2.05, 4.69) is 16.0 Å². The van der Waals surface area contributed by atoms with E-state index in [1.807, 2.05) is 31.2 Å². The Labute approximate surface area is 188 Å². The van der Waals surface area contributed by atoms with E-state index in [9.17, 15) is 14.4 Å². The van der Waals surface area contributed by atoms with Crippen molar-refractivity contribution in [2.75, 3.05) is 23.8 Å². The Kier molecular flexibility index (Phi) is 9.07. The Balaban J connectivity index is 1.68. The zero-order valence-corrected chi connectivity index (χ0v) is 19.0. The van der Waals surface area contributed by atoms with Gasteiger partial charge in [-0.3, -0.25) is 9.59 Å². The van der Waals surface area contributed by atoms with Gasteiger partial charge in [-0.1, -0.05) is 18.2 Å². The molecule has 0 aliphatic carbocycles. The van der Waals surface area contributed by atoms with Gasteiger partial charge >= 0.3 is 6.09 Å². The molecule has 8 heteroatoms. The van der Waals surface area contributed by atoms with Crippen LogP contribution in [0, 0.1) is 6.92 Å². The molecule has 32 heavy (non-hydrogen) atoms. The second-order valence-electron chi connectivity index (χ2n) is 8.25. The summed E-state index contributed by atoms with van der Waals surface area (Å²) in [4.78, 5) is 35.6. The van der Waals surface area contributed by atoms with Crippen molar-refractivity contribution in [2.45, 2.75) is 46.1 Å². The number of hydrogen-bond acceptors (Lipinski definition) is 5. The molecule has 3 amide bonds. The van der Waals surface area contributed by atoms with Crippen LogP contribution in [0.5, 0.6) is 5.75 Å². The molecule has 0 fully saturated rings. The van der Waals surface area contributed by atoms with Crippen LogP contribution < -0.4 is 20.7 Å². The van der Waals surface area contributed by atoms with Crippen molar-refractivity contribution in [3.63, 3.8) is 0 Å². The first kappa shape index (κ1) is 24.7. The molecule has 0 bridgehead atoms. The number of benzene rings is 2. The van der Waals surface area contributed by atoms with E-state index in [0.717, 1.165) is 11.3 Å². The summed E-state index contributed by atoms with van der Waals surface area (Å²) in [5.41, 5.74) is 1.60. The van der Waals surface area contributed by atoms with Gasteiger partial charge in [0.2, 0.25) is 11.8 Å². The quantitative estimate of drug-likeness (QED) is 0.504. The lowest BCUT2D eigenvalue weighted by Gasteiger charge is -2.19. The zero-order chi connectivity index (χ0) is 23.6. The van der Waals surface area contributed by atoms with Crippen molar-refractivity contribution in [1.82, 2.24) is 5.32 Å². The number of para-hydroxylation sites is 1. The fourth-order valence-electron chi connectivity index (χ4n) is 2.67. The summed E-state index contributed by atoms with van der Waals surface area (Å²) >= 11 is 0. The molecule has 2 aromatic carbocycles. The molecule has 172 valence electrons. The third kappa shape index (κ3) is 9.51. The maximum atomic E-state index is 12.1. The highest BCUT2D eigenvalue weighted by atomic mass is 16.6. The average Bonchev–Trinajstić information content (AvgIpc) is 2.71. The van der Waals surface area contributed by atoms with Crippen LogP contribution in [-0.4, -0.2) is 36.7 Å². The number of aryl methyl sites for hydroxylation is 1. The summed E-state index contributed by atoms with van der Waals surface area (Å²) in [7, 11) is 0. The van der Waals surface area contributed by atoms with Crippen molar-refractivity contribution < 1.29 is 23.9 Å². The number of alkyl carbamates (subject to hydrolysis) is 1. The van der Waals surface area contributed by atoms with Crippen LogP contribution >= 0.6 is 0 Å². The highest BCUT2D eigenvalue weighted by Gasteiger charge is 2.16. The molecule has 0 heterocycles. The normalized spacial score (nSPS) is 10.8. The smallest absolute Gasteiger partial charge is 0.408 e. The molecule has 2 rings (SSSR count). The molecule has 0 atom stereocenters. The van der Waals surface area contributed by atoms with E-state index in [4.69, 9.17) is 9.47 Å². The Morgan fingerprint density at radius 2 is 1.47 bits per heavy atom. The van der Waals surface area contributed by atoms with Crippen molar-refractivity contribution >= 4 is 29.3 Å². The summed E-state index contributed by atoms with van der Waals surface area (Å²) in [5, 5.41) is 7.87. The minimum atomic E-state index is -0.657. The van der Waals surface area contributed by atoms with Crippen LogP contribution in [0.4, 0.5) is 16.2 Å². The summed E-state index contributed by atoms with van der Waals surface area (Å²) in [6.45, 7) is 7.45. The predicted octanol–water partition coefficient (Wildman–Crippen LogP) is 4.26. The molecule has 0 spiro atoms. The molecular weight excluding hydrogens is 410 g/mol. The van der Waals surface area contributed by atoms with Gasteiger partial charge in [-0.05, 0) is 70.0 Å². The van der Waals surface area contributed by atoms with E-state index in [0.29, 0.717) is 30.8 Å². The standard InChI is InChI=1S/C24H31N3O5/c1-17-8-5-6-9-20(17)31-15-7-10-21(28)26-18-11-13-19(14-12-18)27-22(29)16-25-23(30)32-24(2,3)4/h5-6,8-9,11-14H,7,10,15-16H2,1-4H3,(H,25,30)(H,26,28)(H,27,29). The van der Waals surface area contributed by atoms with Gasteiger partial charge < -0.3 is 25.4 Å². The first-order valence-corrected chi connectivity index (χ1v) is 10.5. The lowest BCUT2D eigenvalue weighted by atomic mass is 10.2. The lowest BCUT2D eigenvalue weighted by molar-refractivity contribution is -0.116. The molecule has 0 radical (unpaired) electrons. The van der Waals surface area contributed by atoms with Gasteiger partial charge in [-0.25, -0.2) is 4.79 Å². The largest absolute Gasteiger partial charge is 0.493 e. The van der Waals surface area contributed by atoms with Crippen molar-refractivity contribution in [3.05, 3.63) is 54.1 Å². The molecule has 2 aromatic rings. The van der Waals surface area contributed by atoms with Crippen molar-refractivity contribution in [1.29, 1.82) is 0 Å². The SMILES string of the molecule is Cc1ccccc1OCCCC(=O)Nc1ccc(NC(=O)CNC(=O)OC(C)(C)C)cc1. The summed E-state index contributed by atoms with van der Waals surface area (Å²) < 4.78 is 10.8. The number of rotatable bonds is 9. The Morgan fingerprint density at radius 3 is 2.06 bits per heavy atom. The summed E-state index contributed by atoms with van der Waals surface area (Å²) in [6, 6.07) is 14.5. The predicted molar refractivity (Wildman–Crippen MR) is 124 cm³/mol. The number of carbonyl (C=O) groups excluding carboxylic acids is 3. The molecule has 0 aliphatic heterocycles. The van der Waals surface area contributed by atoms with Crippen LogP contribution in [0.3, 0.4) is 0 Å². The van der Waals surface area contributed by atoms with E-state index in [-0.39, 0.29) is 18.4 Å². The van der Waals surface area contributed by atoms with E-state index in [1.54, 1.807) is 45.0 Å². The Hall–Kier alpha value is -3.55. The third-order valence-corrected chi connectivity index (χ3v) is 4.14. The topological polar surface area (TPSA) is 106 Å². The highest BCUT2D eigenvalue weighted by Crippen LogP contribution is 2.17. The monoisotopic (exact) mass is 441 g/mol. The van der Waals surface area contributed by atoms with Crippen LogP contribution in [0.2, 0.25) is 0 Å². The first-order chi connectivity index (χ1) is 15.1. The molecular formula is C24H31N3O5. The summed E-state index contributed by atoms with van der Waals surface area (Å²) in [6.07, 6.45) is 0.273. The number of hydrogen-bond donors (Lipinski definition) is 3. The van der Waals surface area contributed by atoms with Gasteiger partial charge in [0.1, 0.15) is 17.9 Å². The fraction of sp³-hybridized carbons (Fsp3) is 0.375. The third-order valence-electron chi connectivity index (χ3n) is 4.14. The Morgan fingerprint density at radius 1 is 0.875 bits per heavy atom. The Bertz CT molecular complexity index is 920. The van der Waals surface area contributed by atoms with Gasteiger partial charge in [0.15, 0.2) is 0 Å². The molecule has 3 N–H and O–H groups in total. The van der Waals surface area contributed by atoms with Crippen LogP contribution in [0.15, 0.2) is 48.5 Å². The van der Waals surface area contributed by atoms with Crippen molar-refractivity contribution in [2.24, 2.45) is 0 Å². The molecule has 0 unspecified atom stereocenters. The minimum absolute atomic E-state index is 0.114. The van der Waals surface area contributed by atoms with Gasteiger partial charge in [-0.2, -0.15) is 0 Å². The van der Waals surface area contributed by atoms with Crippen LogP contribution in [0.25, 0.3) is 0 Å². The number of nitrogens with one attached hydrogen (secondary N) is 3. The maximum absolute atomic E-state index is 12.1. The van der Waals surface area contributed by atoms with Gasteiger partial charge in [0.25, 0.3) is 0 Å². The van der Waals surface area contributed by atoms with E-state index < -0.39 is 11.7 Å². The highest BCUT2D eigenvalue weighted by molar-refractivity contribution is 5.94. The van der Waals surface area contributed by atoms with Gasteiger partial charge in [0, 0.05) is 17.8 Å². The molecule has 0 aromatic heterocycles. The molecule has 8 nitrogen and oxygen atoms in total. The zero-order valence-electron chi connectivity index (χ0n) is 19.0. The number of amides is 3. The lowest BCUT2D eigenvalue weighted by Crippen LogP contribution is -2.37. The number of ether oxygens (including phenoxy) is 2. The number of carbonyl (C=O) groups is 3. The summed E-state index contributed by atoms with van der Waals surface area (Å²) in [5.74, 6) is 0.324. The van der Waals surface area contributed by atoms with E-state index >= 15 is 0 Å². The van der Waals surface area contributed by atoms with E-state index in [1.165, 1.54) is 0 Å².